The van der Waals surface area contributed by atoms with E-state index < -0.39 is 6.10 Å². The summed E-state index contributed by atoms with van der Waals surface area (Å²) in [6.45, 7) is 0.0583. The molecular weight excluding hydrogens is 299 g/mol. The average Bonchev–Trinajstić information content (AvgIpc) is 2.57. The van der Waals surface area contributed by atoms with Crippen molar-refractivity contribution in [1.29, 1.82) is 0 Å². The van der Waals surface area contributed by atoms with E-state index in [0.717, 1.165) is 0 Å². The Morgan fingerprint density at radius 3 is 2.70 bits per heavy atom. The predicted octanol–water partition coefficient (Wildman–Crippen LogP) is 1.98. The number of ether oxygens (including phenoxy) is 1. The second kappa shape index (κ2) is 6.58. The molecule has 2 aromatic carbocycles. The zero-order chi connectivity index (χ0) is 16.2. The van der Waals surface area contributed by atoms with E-state index in [-0.39, 0.29) is 24.5 Å². The molecular formula is C17H15FN2O3. The molecule has 1 unspecified atom stereocenters. The molecule has 1 N–H and O–H groups in total. The highest BCUT2D eigenvalue weighted by Gasteiger charge is 2.10. The van der Waals surface area contributed by atoms with Gasteiger partial charge in [0, 0.05) is 0 Å². The van der Waals surface area contributed by atoms with Gasteiger partial charge in [-0.25, -0.2) is 9.37 Å². The molecule has 5 nitrogen and oxygen atoms in total. The Labute approximate surface area is 131 Å². The highest BCUT2D eigenvalue weighted by molar-refractivity contribution is 5.76. The summed E-state index contributed by atoms with van der Waals surface area (Å²) >= 11 is 0. The molecule has 0 spiro atoms. The summed E-state index contributed by atoms with van der Waals surface area (Å²) in [5, 5.41) is 10.5. The molecule has 0 fully saturated rings. The fourth-order valence-electron chi connectivity index (χ4n) is 2.24. The highest BCUT2D eigenvalue weighted by Crippen LogP contribution is 2.11. The maximum absolute atomic E-state index is 12.8. The van der Waals surface area contributed by atoms with Crippen LogP contribution in [-0.2, 0) is 6.54 Å². The average molecular weight is 314 g/mol. The van der Waals surface area contributed by atoms with Crippen molar-refractivity contribution in [2.24, 2.45) is 0 Å². The van der Waals surface area contributed by atoms with Crippen molar-refractivity contribution in [1.82, 2.24) is 9.55 Å². The van der Waals surface area contributed by atoms with Crippen LogP contribution in [0.3, 0.4) is 0 Å². The number of aliphatic hydroxyl groups excluding tert-OH is 1. The van der Waals surface area contributed by atoms with Crippen LogP contribution < -0.4 is 10.3 Å². The van der Waals surface area contributed by atoms with Crippen molar-refractivity contribution in [2.45, 2.75) is 12.6 Å². The predicted molar refractivity (Wildman–Crippen MR) is 83.9 cm³/mol. The molecule has 0 saturated heterocycles. The largest absolute Gasteiger partial charge is 0.491 e. The molecule has 3 aromatic rings. The summed E-state index contributed by atoms with van der Waals surface area (Å²) in [6, 6.07) is 12.5. The highest BCUT2D eigenvalue weighted by atomic mass is 19.1. The molecule has 0 amide bonds. The monoisotopic (exact) mass is 314 g/mol. The molecule has 6 heteroatoms. The van der Waals surface area contributed by atoms with Gasteiger partial charge in [0.05, 0.1) is 23.8 Å². The molecule has 1 aromatic heterocycles. The van der Waals surface area contributed by atoms with Gasteiger partial charge in [0.1, 0.15) is 24.3 Å². The van der Waals surface area contributed by atoms with Crippen molar-refractivity contribution in [2.75, 3.05) is 6.61 Å². The third-order valence-corrected chi connectivity index (χ3v) is 3.39. The molecule has 23 heavy (non-hydrogen) atoms. The molecule has 0 aliphatic heterocycles. The first-order valence-electron chi connectivity index (χ1n) is 7.14. The van der Waals surface area contributed by atoms with Crippen molar-refractivity contribution < 1.29 is 14.2 Å². The van der Waals surface area contributed by atoms with Crippen LogP contribution in [0.1, 0.15) is 0 Å². The molecule has 1 heterocycles. The Morgan fingerprint density at radius 2 is 1.91 bits per heavy atom. The molecule has 0 aliphatic rings. The topological polar surface area (TPSA) is 64.4 Å². The number of para-hydroxylation sites is 1. The third-order valence-electron chi connectivity index (χ3n) is 3.39. The number of fused-ring (bicyclic) bond motifs is 1. The van der Waals surface area contributed by atoms with Crippen molar-refractivity contribution in [3.05, 3.63) is 71.0 Å². The van der Waals surface area contributed by atoms with Gasteiger partial charge in [-0.2, -0.15) is 0 Å². The van der Waals surface area contributed by atoms with Crippen LogP contribution in [0.25, 0.3) is 10.9 Å². The normalized spacial score (nSPS) is 12.3. The van der Waals surface area contributed by atoms with Crippen LogP contribution in [0.15, 0.2) is 59.7 Å². The number of nitrogens with zero attached hydrogens (tertiary/aromatic N) is 2. The fraction of sp³-hybridized carbons (Fsp3) is 0.176. The minimum atomic E-state index is -0.888. The van der Waals surface area contributed by atoms with Gasteiger partial charge in [0.2, 0.25) is 0 Å². The van der Waals surface area contributed by atoms with Crippen molar-refractivity contribution >= 4 is 10.9 Å². The summed E-state index contributed by atoms with van der Waals surface area (Å²) in [4.78, 5) is 16.5. The van der Waals surface area contributed by atoms with E-state index in [1.165, 1.54) is 35.2 Å². The lowest BCUT2D eigenvalue weighted by atomic mass is 10.2. The maximum Gasteiger partial charge on any atom is 0.261 e. The number of benzene rings is 2. The van der Waals surface area contributed by atoms with E-state index in [2.05, 4.69) is 4.98 Å². The minimum Gasteiger partial charge on any atom is -0.491 e. The first-order chi connectivity index (χ1) is 11.1. The van der Waals surface area contributed by atoms with Crippen molar-refractivity contribution in [3.63, 3.8) is 0 Å². The Hall–Kier alpha value is -2.73. The second-order valence-corrected chi connectivity index (χ2v) is 5.14. The quantitative estimate of drug-likeness (QED) is 0.782. The van der Waals surface area contributed by atoms with E-state index in [0.29, 0.717) is 16.7 Å². The lowest BCUT2D eigenvalue weighted by molar-refractivity contribution is 0.0914. The van der Waals surface area contributed by atoms with Crippen LogP contribution in [0.5, 0.6) is 5.75 Å². The zero-order valence-corrected chi connectivity index (χ0v) is 12.2. The summed E-state index contributed by atoms with van der Waals surface area (Å²) in [5.41, 5.74) is 0.405. The van der Waals surface area contributed by atoms with Gasteiger partial charge in [-0.1, -0.05) is 12.1 Å². The third kappa shape index (κ3) is 3.54. The van der Waals surface area contributed by atoms with E-state index in [9.17, 15) is 14.3 Å². The van der Waals surface area contributed by atoms with Gasteiger partial charge in [0.25, 0.3) is 5.56 Å². The van der Waals surface area contributed by atoms with Gasteiger partial charge >= 0.3 is 0 Å². The van der Waals surface area contributed by atoms with Crippen molar-refractivity contribution in [3.8, 4) is 5.75 Å². The van der Waals surface area contributed by atoms with Gasteiger partial charge in [-0.05, 0) is 36.4 Å². The van der Waals surface area contributed by atoms with E-state index >= 15 is 0 Å². The Morgan fingerprint density at radius 1 is 1.17 bits per heavy atom. The molecule has 0 aliphatic carbocycles. The number of aromatic nitrogens is 2. The van der Waals surface area contributed by atoms with Gasteiger partial charge in [0.15, 0.2) is 0 Å². The van der Waals surface area contributed by atoms with Gasteiger partial charge in [-0.3, -0.25) is 9.36 Å². The Balaban J connectivity index is 1.68. The Kier molecular flexibility index (Phi) is 4.34. The lowest BCUT2D eigenvalue weighted by Gasteiger charge is -2.14. The van der Waals surface area contributed by atoms with Gasteiger partial charge < -0.3 is 9.84 Å². The number of halogens is 1. The summed E-state index contributed by atoms with van der Waals surface area (Å²) in [5.74, 6) is 0.0983. The summed E-state index contributed by atoms with van der Waals surface area (Å²) in [6.07, 6.45) is 0.520. The maximum atomic E-state index is 12.8. The SMILES string of the molecule is O=c1c2ccccc2ncn1CC(O)COc1ccc(F)cc1. The Bertz CT molecular complexity index is 862. The fourth-order valence-corrected chi connectivity index (χ4v) is 2.24. The van der Waals surface area contributed by atoms with E-state index in [1.54, 1.807) is 18.2 Å². The van der Waals surface area contributed by atoms with Crippen LogP contribution in [0.4, 0.5) is 4.39 Å². The zero-order valence-electron chi connectivity index (χ0n) is 12.2. The number of hydrogen-bond donors (Lipinski definition) is 1. The summed E-state index contributed by atoms with van der Waals surface area (Å²) < 4.78 is 19.5. The van der Waals surface area contributed by atoms with Crippen LogP contribution >= 0.6 is 0 Å². The molecule has 0 bridgehead atoms. The number of hydrogen-bond acceptors (Lipinski definition) is 4. The van der Waals surface area contributed by atoms with Crippen LogP contribution in [0.2, 0.25) is 0 Å². The number of rotatable bonds is 5. The summed E-state index contributed by atoms with van der Waals surface area (Å²) in [7, 11) is 0. The molecule has 1 atom stereocenters. The molecule has 118 valence electrons. The first-order valence-corrected chi connectivity index (χ1v) is 7.14. The first kappa shape index (κ1) is 15.2. The lowest BCUT2D eigenvalue weighted by Crippen LogP contribution is -2.30. The smallest absolute Gasteiger partial charge is 0.261 e. The standard InChI is InChI=1S/C17H15FN2O3/c18-12-5-7-14(8-6-12)23-10-13(21)9-20-11-19-16-4-2-1-3-15(16)17(20)22/h1-8,11,13,21H,9-10H2. The molecule has 0 saturated carbocycles. The number of aliphatic hydroxyl groups is 1. The molecule has 0 radical (unpaired) electrons. The van der Waals surface area contributed by atoms with E-state index in [1.807, 2.05) is 6.07 Å². The molecule has 3 rings (SSSR count). The second-order valence-electron chi connectivity index (χ2n) is 5.14. The van der Waals surface area contributed by atoms with Gasteiger partial charge in [-0.15, -0.1) is 0 Å². The van der Waals surface area contributed by atoms with E-state index in [4.69, 9.17) is 4.74 Å². The minimum absolute atomic E-state index is 0.00903. The van der Waals surface area contributed by atoms with Crippen LogP contribution in [0, 0.1) is 5.82 Å². The van der Waals surface area contributed by atoms with Crippen LogP contribution in [-0.4, -0.2) is 27.4 Å².